The van der Waals surface area contributed by atoms with E-state index in [1.807, 2.05) is 0 Å². The quantitative estimate of drug-likeness (QED) is 0.819. The first-order chi connectivity index (χ1) is 8.08. The zero-order valence-electron chi connectivity index (χ0n) is 8.48. The molecule has 1 heterocycles. The zero-order valence-corrected chi connectivity index (χ0v) is 8.48. The molecule has 0 aliphatic carbocycles. The molecule has 5 nitrogen and oxygen atoms in total. The second-order valence-electron chi connectivity index (χ2n) is 3.33. The van der Waals surface area contributed by atoms with Crippen molar-refractivity contribution >= 4 is 5.97 Å². The molecule has 0 unspecified atom stereocenters. The zero-order chi connectivity index (χ0) is 12.4. The maximum Gasteiger partial charge on any atom is 0.335 e. The highest BCUT2D eigenvalue weighted by Crippen LogP contribution is 2.18. The highest BCUT2D eigenvalue weighted by atomic mass is 19.1. The van der Waals surface area contributed by atoms with E-state index in [1.54, 1.807) is 0 Å². The van der Waals surface area contributed by atoms with Gasteiger partial charge >= 0.3 is 5.97 Å². The number of halogens is 1. The molecule has 2 aromatic rings. The van der Waals surface area contributed by atoms with E-state index >= 15 is 0 Å². The van der Waals surface area contributed by atoms with Crippen LogP contribution in [-0.4, -0.2) is 21.0 Å². The summed E-state index contributed by atoms with van der Waals surface area (Å²) in [7, 11) is 0. The molecule has 0 saturated heterocycles. The molecule has 86 valence electrons. The Balaban J connectivity index is 2.64. The molecular weight excluding hydrogens is 227 g/mol. The number of aromatic nitrogens is 2. The normalized spacial score (nSPS) is 10.2. The number of H-pyrrole nitrogens is 1. The number of carboxylic acids is 1. The molecular formula is C11H7FN2O3. The molecule has 0 aliphatic heterocycles. The van der Waals surface area contributed by atoms with Crippen LogP contribution in [0.5, 0.6) is 0 Å². The number of nitrogens with zero attached hydrogens (tertiary/aromatic N) is 1. The Morgan fingerprint density at radius 3 is 2.76 bits per heavy atom. The number of benzene rings is 1. The Kier molecular flexibility index (Phi) is 2.70. The van der Waals surface area contributed by atoms with Crippen LogP contribution in [0, 0.1) is 5.82 Å². The van der Waals surface area contributed by atoms with Crippen molar-refractivity contribution in [3.05, 3.63) is 52.5 Å². The first-order valence-corrected chi connectivity index (χ1v) is 4.65. The predicted octanol–water partition coefficient (Wildman–Crippen LogP) is 1.27. The SMILES string of the molecule is O=C(O)c1cc(F)cc(-c2cnc[nH]c2=O)c1. The number of aromatic amines is 1. The lowest BCUT2D eigenvalue weighted by molar-refractivity contribution is 0.0696. The lowest BCUT2D eigenvalue weighted by Crippen LogP contribution is -2.09. The first kappa shape index (κ1) is 11.0. The minimum absolute atomic E-state index is 0.120. The van der Waals surface area contributed by atoms with Crippen LogP contribution in [0.2, 0.25) is 0 Å². The van der Waals surface area contributed by atoms with Crippen molar-refractivity contribution in [2.75, 3.05) is 0 Å². The summed E-state index contributed by atoms with van der Waals surface area (Å²) in [6.07, 6.45) is 2.45. The van der Waals surface area contributed by atoms with Crippen molar-refractivity contribution in [3.63, 3.8) is 0 Å². The van der Waals surface area contributed by atoms with Gasteiger partial charge in [0.2, 0.25) is 0 Å². The molecule has 0 saturated carbocycles. The number of hydrogen-bond acceptors (Lipinski definition) is 3. The molecule has 2 N–H and O–H groups in total. The smallest absolute Gasteiger partial charge is 0.335 e. The van der Waals surface area contributed by atoms with Crippen molar-refractivity contribution in [2.45, 2.75) is 0 Å². The molecule has 1 aromatic heterocycles. The van der Waals surface area contributed by atoms with Crippen molar-refractivity contribution in [1.82, 2.24) is 9.97 Å². The van der Waals surface area contributed by atoms with Crippen LogP contribution in [0.25, 0.3) is 11.1 Å². The van der Waals surface area contributed by atoms with Crippen LogP contribution < -0.4 is 5.56 Å². The van der Waals surface area contributed by atoms with Crippen molar-refractivity contribution in [3.8, 4) is 11.1 Å². The van der Waals surface area contributed by atoms with Crippen molar-refractivity contribution in [1.29, 1.82) is 0 Å². The molecule has 6 heteroatoms. The molecule has 0 amide bonds. The van der Waals surface area contributed by atoms with Gasteiger partial charge in [-0.1, -0.05) is 0 Å². The summed E-state index contributed by atoms with van der Waals surface area (Å²) < 4.78 is 13.2. The third-order valence-electron chi connectivity index (χ3n) is 2.17. The monoisotopic (exact) mass is 234 g/mol. The van der Waals surface area contributed by atoms with E-state index in [2.05, 4.69) is 9.97 Å². The minimum Gasteiger partial charge on any atom is -0.478 e. The average Bonchev–Trinajstić information content (AvgIpc) is 2.28. The standard InChI is InChI=1S/C11H7FN2O3/c12-8-2-6(1-7(3-8)11(16)17)9-4-13-5-14-10(9)15/h1-5H,(H,16,17)(H,13,14,15). The van der Waals surface area contributed by atoms with E-state index in [0.29, 0.717) is 0 Å². The van der Waals surface area contributed by atoms with Crippen LogP contribution in [0.1, 0.15) is 10.4 Å². The van der Waals surface area contributed by atoms with E-state index in [-0.39, 0.29) is 16.7 Å². The van der Waals surface area contributed by atoms with Gasteiger partial charge in [0.15, 0.2) is 0 Å². The first-order valence-electron chi connectivity index (χ1n) is 4.65. The highest BCUT2D eigenvalue weighted by molar-refractivity contribution is 5.89. The summed E-state index contributed by atoms with van der Waals surface area (Å²) in [5.41, 5.74) is -0.378. The lowest BCUT2D eigenvalue weighted by Gasteiger charge is -2.02. The number of carboxylic acid groups (broad SMARTS) is 1. The van der Waals surface area contributed by atoms with Gasteiger partial charge in [0.25, 0.3) is 5.56 Å². The number of aromatic carboxylic acids is 1. The lowest BCUT2D eigenvalue weighted by atomic mass is 10.1. The van der Waals surface area contributed by atoms with Gasteiger partial charge in [-0.2, -0.15) is 0 Å². The molecule has 0 fully saturated rings. The minimum atomic E-state index is -1.26. The maximum atomic E-state index is 13.2. The topological polar surface area (TPSA) is 83.0 Å². The molecule has 2 rings (SSSR count). The van der Waals surface area contributed by atoms with Gasteiger partial charge in [-0.3, -0.25) is 4.79 Å². The third kappa shape index (κ3) is 2.20. The van der Waals surface area contributed by atoms with Crippen LogP contribution in [0.4, 0.5) is 4.39 Å². The number of carbonyl (C=O) groups is 1. The van der Waals surface area contributed by atoms with Crippen LogP contribution in [0.3, 0.4) is 0 Å². The fraction of sp³-hybridized carbons (Fsp3) is 0. The molecule has 0 aliphatic rings. The van der Waals surface area contributed by atoms with Gasteiger partial charge < -0.3 is 10.1 Å². The summed E-state index contributed by atoms with van der Waals surface area (Å²) in [6.45, 7) is 0. The van der Waals surface area contributed by atoms with Crippen LogP contribution >= 0.6 is 0 Å². The fourth-order valence-corrected chi connectivity index (χ4v) is 1.42. The molecule has 0 bridgehead atoms. The largest absolute Gasteiger partial charge is 0.478 e. The van der Waals surface area contributed by atoms with Gasteiger partial charge in [0.05, 0.1) is 17.5 Å². The van der Waals surface area contributed by atoms with Crippen molar-refractivity contribution < 1.29 is 14.3 Å². The molecule has 0 atom stereocenters. The van der Waals surface area contributed by atoms with E-state index < -0.39 is 17.3 Å². The Bertz CT molecular complexity index is 637. The second-order valence-corrected chi connectivity index (χ2v) is 3.33. The summed E-state index contributed by atoms with van der Waals surface area (Å²) >= 11 is 0. The molecule has 0 spiro atoms. The summed E-state index contributed by atoms with van der Waals surface area (Å²) in [4.78, 5) is 28.2. The second kappa shape index (κ2) is 4.17. The van der Waals surface area contributed by atoms with Crippen LogP contribution in [0.15, 0.2) is 35.5 Å². The van der Waals surface area contributed by atoms with Gasteiger partial charge in [0.1, 0.15) is 5.82 Å². The molecule has 1 aromatic carbocycles. The van der Waals surface area contributed by atoms with Gasteiger partial charge in [-0.15, -0.1) is 0 Å². The van der Waals surface area contributed by atoms with Crippen LogP contribution in [-0.2, 0) is 0 Å². The summed E-state index contributed by atoms with van der Waals surface area (Å²) in [5.74, 6) is -1.98. The maximum absolute atomic E-state index is 13.2. The molecule has 17 heavy (non-hydrogen) atoms. The number of nitrogens with one attached hydrogen (secondary N) is 1. The molecule has 0 radical (unpaired) electrons. The van der Waals surface area contributed by atoms with E-state index in [1.165, 1.54) is 18.6 Å². The Labute approximate surface area is 94.6 Å². The van der Waals surface area contributed by atoms with E-state index in [4.69, 9.17) is 5.11 Å². The summed E-state index contributed by atoms with van der Waals surface area (Å²) in [5, 5.41) is 8.78. The third-order valence-corrected chi connectivity index (χ3v) is 2.17. The highest BCUT2D eigenvalue weighted by Gasteiger charge is 2.10. The predicted molar refractivity (Wildman–Crippen MR) is 57.2 cm³/mol. The average molecular weight is 234 g/mol. The number of rotatable bonds is 2. The summed E-state index contributed by atoms with van der Waals surface area (Å²) in [6, 6.07) is 3.19. The van der Waals surface area contributed by atoms with E-state index in [9.17, 15) is 14.0 Å². The van der Waals surface area contributed by atoms with E-state index in [0.717, 1.165) is 12.1 Å². The van der Waals surface area contributed by atoms with Gasteiger partial charge in [-0.05, 0) is 23.8 Å². The Morgan fingerprint density at radius 1 is 1.35 bits per heavy atom. The fourth-order valence-electron chi connectivity index (χ4n) is 1.42. The Hall–Kier alpha value is -2.50. The van der Waals surface area contributed by atoms with Gasteiger partial charge in [-0.25, -0.2) is 14.2 Å². The van der Waals surface area contributed by atoms with Gasteiger partial charge in [0, 0.05) is 6.20 Å². The number of hydrogen-bond donors (Lipinski definition) is 2. The van der Waals surface area contributed by atoms with Crippen molar-refractivity contribution in [2.24, 2.45) is 0 Å². The Morgan fingerprint density at radius 2 is 2.12 bits per heavy atom.